The molecule has 0 spiro atoms. The van der Waals surface area contributed by atoms with Crippen molar-refractivity contribution in [3.05, 3.63) is 65.5 Å². The zero-order valence-electron chi connectivity index (χ0n) is 22.8. The van der Waals surface area contributed by atoms with E-state index in [2.05, 4.69) is 50.6 Å². The number of hydrogen-bond donors (Lipinski definition) is 3. The third kappa shape index (κ3) is 4.95. The van der Waals surface area contributed by atoms with Gasteiger partial charge in [0.2, 0.25) is 5.89 Å². The molecule has 0 bridgehead atoms. The average Bonchev–Trinajstić information content (AvgIpc) is 3.39. The highest BCUT2D eigenvalue weighted by Crippen LogP contribution is 2.60. The van der Waals surface area contributed by atoms with Crippen molar-refractivity contribution in [1.82, 2.24) is 4.98 Å². The van der Waals surface area contributed by atoms with Crippen molar-refractivity contribution in [2.24, 2.45) is 23.2 Å². The maximum atomic E-state index is 11.1. The molecular weight excluding hydrogens is 462 g/mol. The fraction of sp³-hybridized carbons (Fsp3) is 0.656. The highest BCUT2D eigenvalue weighted by Gasteiger charge is 2.54. The first-order valence-corrected chi connectivity index (χ1v) is 14.4. The Morgan fingerprint density at radius 3 is 2.68 bits per heavy atom. The standard InChI is InChI=1S/C32H45NO4/c1-5-25-19-33-30(37-25)32(15-16-32)29(36)13-8-20(2)26-11-12-27-22(7-6-14-31(26,27)4)9-10-23-17-24(34)18-28(35)21(23)3/h8-10,13,19-20,24,26-29,34-36H,3,5-7,11-12,14-18H2,1-2,4H3/t20-,24+,26+,27-,28-,29+,31+/m0/s1. The zero-order chi connectivity index (χ0) is 26.4. The van der Waals surface area contributed by atoms with Gasteiger partial charge in [0.15, 0.2) is 0 Å². The van der Waals surface area contributed by atoms with E-state index < -0.39 is 18.3 Å². The van der Waals surface area contributed by atoms with Crippen LogP contribution in [0.1, 0.15) is 90.2 Å². The Balaban J connectivity index is 1.28. The van der Waals surface area contributed by atoms with Crippen LogP contribution in [0.15, 0.2) is 58.2 Å². The normalized spacial score (nSPS) is 37.3. The Hall–Kier alpha value is -1.95. The number of nitrogens with zero attached hydrogens (tertiary/aromatic N) is 1. The zero-order valence-corrected chi connectivity index (χ0v) is 22.8. The van der Waals surface area contributed by atoms with Gasteiger partial charge in [-0.15, -0.1) is 0 Å². The van der Waals surface area contributed by atoms with Gasteiger partial charge in [0, 0.05) is 12.8 Å². The number of oxazole rings is 1. The van der Waals surface area contributed by atoms with Crippen LogP contribution in [0.25, 0.3) is 0 Å². The Kier molecular flexibility index (Phi) is 7.43. The summed E-state index contributed by atoms with van der Waals surface area (Å²) in [6.45, 7) is 10.9. The minimum Gasteiger partial charge on any atom is -0.445 e. The van der Waals surface area contributed by atoms with E-state index in [9.17, 15) is 15.3 Å². The maximum absolute atomic E-state index is 11.1. The van der Waals surface area contributed by atoms with Crippen LogP contribution in [-0.2, 0) is 11.8 Å². The van der Waals surface area contributed by atoms with Crippen LogP contribution in [0.4, 0.5) is 0 Å². The first kappa shape index (κ1) is 26.6. The van der Waals surface area contributed by atoms with Crippen molar-refractivity contribution in [2.45, 2.75) is 109 Å². The highest BCUT2D eigenvalue weighted by atomic mass is 16.4. The van der Waals surface area contributed by atoms with Crippen LogP contribution < -0.4 is 0 Å². The highest BCUT2D eigenvalue weighted by molar-refractivity contribution is 5.38. The summed E-state index contributed by atoms with van der Waals surface area (Å²) < 4.78 is 5.92. The van der Waals surface area contributed by atoms with Gasteiger partial charge in [0.25, 0.3) is 0 Å². The minimum atomic E-state index is -0.643. The fourth-order valence-electron chi connectivity index (χ4n) is 7.68. The summed E-state index contributed by atoms with van der Waals surface area (Å²) in [7, 11) is 0. The van der Waals surface area contributed by atoms with E-state index in [-0.39, 0.29) is 10.8 Å². The van der Waals surface area contributed by atoms with Gasteiger partial charge in [0.1, 0.15) is 5.76 Å². The molecule has 5 heteroatoms. The molecule has 4 fully saturated rings. The van der Waals surface area contributed by atoms with E-state index in [0.717, 1.165) is 42.6 Å². The lowest BCUT2D eigenvalue weighted by molar-refractivity contribution is 0.0862. The number of aromatic nitrogens is 1. The monoisotopic (exact) mass is 507 g/mol. The van der Waals surface area contributed by atoms with Gasteiger partial charge in [0.05, 0.1) is 29.9 Å². The molecule has 0 unspecified atom stereocenters. The summed E-state index contributed by atoms with van der Waals surface area (Å²) in [5, 5.41) is 31.4. The summed E-state index contributed by atoms with van der Waals surface area (Å²) in [6, 6.07) is 0. The second kappa shape index (κ2) is 10.3. The van der Waals surface area contributed by atoms with Crippen molar-refractivity contribution in [3.63, 3.8) is 0 Å². The second-order valence-corrected chi connectivity index (χ2v) is 12.5. The van der Waals surface area contributed by atoms with E-state index in [4.69, 9.17) is 4.42 Å². The lowest BCUT2D eigenvalue weighted by Gasteiger charge is -2.44. The number of allylic oxidation sites excluding steroid dienone is 4. The topological polar surface area (TPSA) is 86.7 Å². The molecule has 0 aromatic carbocycles. The summed E-state index contributed by atoms with van der Waals surface area (Å²) >= 11 is 0. The van der Waals surface area contributed by atoms with Crippen molar-refractivity contribution in [2.75, 3.05) is 0 Å². The van der Waals surface area contributed by atoms with Crippen LogP contribution in [0.2, 0.25) is 0 Å². The van der Waals surface area contributed by atoms with Gasteiger partial charge >= 0.3 is 0 Å². The molecule has 1 aromatic rings. The van der Waals surface area contributed by atoms with Crippen LogP contribution in [-0.4, -0.2) is 38.6 Å². The number of aliphatic hydroxyl groups excluding tert-OH is 3. The lowest BCUT2D eigenvalue weighted by Crippen LogP contribution is -2.35. The van der Waals surface area contributed by atoms with Crippen LogP contribution >= 0.6 is 0 Å². The molecule has 1 heterocycles. The number of hydrogen-bond acceptors (Lipinski definition) is 5. The summed E-state index contributed by atoms with van der Waals surface area (Å²) in [5.74, 6) is 3.10. The quantitative estimate of drug-likeness (QED) is 0.396. The fourth-order valence-corrected chi connectivity index (χ4v) is 7.68. The molecule has 4 aliphatic carbocycles. The smallest absolute Gasteiger partial charge is 0.203 e. The van der Waals surface area contributed by atoms with E-state index in [1.54, 1.807) is 6.20 Å². The van der Waals surface area contributed by atoms with Gasteiger partial charge < -0.3 is 19.7 Å². The molecule has 0 aliphatic heterocycles. The average molecular weight is 508 g/mol. The Morgan fingerprint density at radius 1 is 1.19 bits per heavy atom. The molecule has 37 heavy (non-hydrogen) atoms. The van der Waals surface area contributed by atoms with E-state index in [1.807, 2.05) is 6.08 Å². The summed E-state index contributed by atoms with van der Waals surface area (Å²) in [5.41, 5.74) is 3.15. The van der Waals surface area contributed by atoms with Crippen LogP contribution in [0.5, 0.6) is 0 Å². The lowest BCUT2D eigenvalue weighted by atomic mass is 9.61. The maximum Gasteiger partial charge on any atom is 0.203 e. The predicted molar refractivity (Wildman–Crippen MR) is 146 cm³/mol. The van der Waals surface area contributed by atoms with Crippen LogP contribution in [0.3, 0.4) is 0 Å². The van der Waals surface area contributed by atoms with E-state index >= 15 is 0 Å². The number of fused-ring (bicyclic) bond motifs is 1. The van der Waals surface area contributed by atoms with Crippen molar-refractivity contribution >= 4 is 0 Å². The van der Waals surface area contributed by atoms with Gasteiger partial charge in [-0.1, -0.05) is 57.2 Å². The van der Waals surface area contributed by atoms with Gasteiger partial charge in [-0.3, -0.25) is 0 Å². The predicted octanol–water partition coefficient (Wildman–Crippen LogP) is 5.96. The Labute approximate surface area is 222 Å². The molecule has 5 nitrogen and oxygen atoms in total. The third-order valence-electron chi connectivity index (χ3n) is 10.2. The third-order valence-corrected chi connectivity index (χ3v) is 10.2. The first-order chi connectivity index (χ1) is 17.7. The molecular formula is C32H45NO4. The molecule has 0 amide bonds. The molecule has 7 atom stereocenters. The molecule has 5 rings (SSSR count). The Morgan fingerprint density at radius 2 is 1.97 bits per heavy atom. The Bertz CT molecular complexity index is 1090. The number of aliphatic hydroxyl groups is 3. The summed E-state index contributed by atoms with van der Waals surface area (Å²) in [4.78, 5) is 4.48. The largest absolute Gasteiger partial charge is 0.445 e. The minimum absolute atomic E-state index is 0.246. The van der Waals surface area contributed by atoms with Crippen molar-refractivity contribution in [3.8, 4) is 0 Å². The van der Waals surface area contributed by atoms with E-state index in [1.165, 1.54) is 31.3 Å². The molecule has 4 saturated carbocycles. The van der Waals surface area contributed by atoms with Crippen molar-refractivity contribution in [1.29, 1.82) is 0 Å². The number of rotatable bonds is 7. The van der Waals surface area contributed by atoms with Gasteiger partial charge in [-0.25, -0.2) is 4.98 Å². The molecule has 0 radical (unpaired) electrons. The SMILES string of the molecule is C=C1C(=CC=C2CCC[C@]3(C)[C@@H]([C@@H](C)C=C[C@@H](O)C4(c5ncc(CC)o5)CC4)CC[C@@H]23)C[C@@H](O)C[C@@H]1O. The van der Waals surface area contributed by atoms with E-state index in [0.29, 0.717) is 36.5 Å². The second-order valence-electron chi connectivity index (χ2n) is 12.5. The van der Waals surface area contributed by atoms with Gasteiger partial charge in [-0.05, 0) is 85.7 Å². The van der Waals surface area contributed by atoms with Crippen LogP contribution in [0, 0.1) is 23.2 Å². The summed E-state index contributed by atoms with van der Waals surface area (Å²) in [6.07, 6.45) is 18.3. The molecule has 0 saturated heterocycles. The molecule has 4 aliphatic rings. The van der Waals surface area contributed by atoms with Gasteiger partial charge in [-0.2, -0.15) is 0 Å². The molecule has 3 N–H and O–H groups in total. The first-order valence-electron chi connectivity index (χ1n) is 14.4. The molecule has 202 valence electrons. The number of aryl methyl sites for hydroxylation is 1. The van der Waals surface area contributed by atoms with Crippen molar-refractivity contribution < 1.29 is 19.7 Å². The molecule has 1 aromatic heterocycles.